The number of ether oxygens (including phenoxy) is 13. The molecule has 0 bridgehead atoms. The summed E-state index contributed by atoms with van der Waals surface area (Å²) >= 11 is 0. The van der Waals surface area contributed by atoms with E-state index in [0.717, 1.165) is 5.57 Å². The Morgan fingerprint density at radius 2 is 1.34 bits per heavy atom. The number of allylic oxidation sites excluding steroid dienone is 1. The van der Waals surface area contributed by atoms with Crippen molar-refractivity contribution in [3.8, 4) is 0 Å². The van der Waals surface area contributed by atoms with Gasteiger partial charge in [0.15, 0.2) is 25.2 Å². The molecule has 0 aromatic rings. The Kier molecular flexibility index (Phi) is 18.9. The number of rotatable bonds is 16. The van der Waals surface area contributed by atoms with Crippen LogP contribution >= 0.6 is 0 Å². The van der Waals surface area contributed by atoms with E-state index >= 15 is 0 Å². The predicted octanol–water partition coefficient (Wildman–Crippen LogP) is 2.00. The number of hydrogen-bond donors (Lipinski definition) is 7. The number of aliphatic hydroxyl groups excluding tert-OH is 5. The molecule has 27 atom stereocenters. The van der Waals surface area contributed by atoms with E-state index in [0.29, 0.717) is 44.1 Å². The van der Waals surface area contributed by atoms with Crippen LogP contribution in [-0.4, -0.2) is 216 Å². The fourth-order valence-electron chi connectivity index (χ4n) is 14.8. The number of carbonyl (C=O) groups is 2. The summed E-state index contributed by atoms with van der Waals surface area (Å²) in [5.41, 5.74) is -3.36. The third-order valence-electron chi connectivity index (χ3n) is 19.4. The third-order valence-corrected chi connectivity index (χ3v) is 19.4. The maximum atomic E-state index is 13.5. The molecule has 0 aromatic carbocycles. The van der Waals surface area contributed by atoms with Crippen LogP contribution in [0.3, 0.4) is 0 Å². The van der Waals surface area contributed by atoms with Crippen LogP contribution in [0.5, 0.6) is 0 Å². The van der Waals surface area contributed by atoms with Crippen LogP contribution in [0.4, 0.5) is 0 Å². The van der Waals surface area contributed by atoms with E-state index < -0.39 is 169 Å². The van der Waals surface area contributed by atoms with Gasteiger partial charge in [-0.25, -0.2) is 4.79 Å². The minimum Gasteiger partial charge on any atom is -0.463 e. The standard InChI is InChI=1S/C55H88O22/c1-13-25(2)49(62)74-38-23-37-52(8)17-15-32(20-31(52)14-18-54(37,63)55(64)19-16-33(53(38,55)9)26(3)68-30(7)57)72-39-21-34(65-10)45(27(4)69-39)75-40-22-35(66-11)46(28(5)70-40)76-51-44(61)48(67-12)47(29(6)71-51)77-50-43(60)42(59)41(58)36(24-56)73-50/h13-14,26-29,32-48,50-51,56,58-61,63-64H,15-24H2,1-12H3/b25-13+/t26-,27?,28?,29?,32+,33-,34-,35-,36?,37-,38-,39+,40+,41-,42+,43?,44?,45-,46-,47-,48-,50+,51+,52+,53+,54+,55-/m1/s1. The minimum absolute atomic E-state index is 0.196. The molecule has 8 rings (SSSR count). The lowest BCUT2D eigenvalue weighted by Gasteiger charge is -2.66. The monoisotopic (exact) mass is 1100 g/mol. The molecular formula is C55H88O22. The summed E-state index contributed by atoms with van der Waals surface area (Å²) < 4.78 is 80.1. The predicted molar refractivity (Wildman–Crippen MR) is 268 cm³/mol. The van der Waals surface area contributed by atoms with Gasteiger partial charge in [-0.3, -0.25) is 4.79 Å². The molecule has 8 aliphatic rings. The van der Waals surface area contributed by atoms with Crippen LogP contribution < -0.4 is 0 Å². The summed E-state index contributed by atoms with van der Waals surface area (Å²) in [5.74, 6) is -1.78. The average molecular weight is 1100 g/mol. The van der Waals surface area contributed by atoms with Gasteiger partial charge in [-0.1, -0.05) is 31.6 Å². The van der Waals surface area contributed by atoms with Gasteiger partial charge >= 0.3 is 11.9 Å². The maximum absolute atomic E-state index is 13.5. The number of esters is 2. The average Bonchev–Trinajstić information content (AvgIpc) is 3.90. The van der Waals surface area contributed by atoms with E-state index in [1.54, 1.807) is 40.9 Å². The van der Waals surface area contributed by atoms with Gasteiger partial charge in [0, 0.05) is 63.9 Å². The van der Waals surface area contributed by atoms with Gasteiger partial charge in [0.05, 0.1) is 43.2 Å². The molecule has 22 nitrogen and oxygen atoms in total. The molecular weight excluding hydrogens is 1010 g/mol. The van der Waals surface area contributed by atoms with Crippen LogP contribution in [-0.2, 0) is 71.2 Å². The van der Waals surface area contributed by atoms with Crippen LogP contribution in [0.2, 0.25) is 0 Å². The van der Waals surface area contributed by atoms with Crippen LogP contribution in [0, 0.1) is 22.7 Å². The third kappa shape index (κ3) is 11.0. The fraction of sp³-hybridized carbons (Fsp3) is 0.891. The van der Waals surface area contributed by atoms with E-state index in [2.05, 4.69) is 13.0 Å². The molecule has 0 radical (unpaired) electrons. The molecule has 3 saturated carbocycles. The van der Waals surface area contributed by atoms with Gasteiger partial charge in [0.2, 0.25) is 0 Å². The molecule has 4 heterocycles. The molecule has 4 saturated heterocycles. The molecule has 0 spiro atoms. The zero-order valence-electron chi connectivity index (χ0n) is 46.8. The second kappa shape index (κ2) is 23.9. The number of fused-ring (bicyclic) bond motifs is 5. The molecule has 7 fully saturated rings. The highest BCUT2D eigenvalue weighted by Gasteiger charge is 2.77. The molecule has 6 unspecified atom stereocenters. The minimum atomic E-state index is -1.68. The van der Waals surface area contributed by atoms with Gasteiger partial charge in [0.25, 0.3) is 0 Å². The van der Waals surface area contributed by atoms with E-state index in [9.17, 15) is 45.3 Å². The Balaban J connectivity index is 0.884. The number of aliphatic hydroxyl groups is 7. The van der Waals surface area contributed by atoms with Crippen molar-refractivity contribution in [2.24, 2.45) is 22.7 Å². The SMILES string of the molecule is C/C=C(\C)C(=O)O[C@@H]1C[C@@H]2[C@@]3(C)CC[C@H](O[C@H]4C[C@@H](OC)[C@H](O[C@H]5C[C@@H](OC)[C@H](O[C@@H]6OC(C)[C@@H](O[C@@H]7OC(CO)[C@@H](O)[C@H](O)C7O)[C@H](OC)C6O)C(C)O5)C(C)O4)CC3=CC[C@@]2(O)[C@@]2(O)CC[C@H]([C@@H](C)OC(C)=O)[C@@]12C. The van der Waals surface area contributed by atoms with Gasteiger partial charge < -0.3 is 97.3 Å². The zero-order chi connectivity index (χ0) is 56.3. The summed E-state index contributed by atoms with van der Waals surface area (Å²) in [4.78, 5) is 25.7. The first kappa shape index (κ1) is 60.8. The largest absolute Gasteiger partial charge is 0.463 e. The van der Waals surface area contributed by atoms with Crippen molar-refractivity contribution >= 4 is 11.9 Å². The quantitative estimate of drug-likeness (QED) is 0.0661. The molecule has 77 heavy (non-hydrogen) atoms. The highest BCUT2D eigenvalue weighted by atomic mass is 16.8. The van der Waals surface area contributed by atoms with Crippen LogP contribution in [0.15, 0.2) is 23.3 Å². The Morgan fingerprint density at radius 1 is 0.740 bits per heavy atom. The van der Waals surface area contributed by atoms with E-state index in [-0.39, 0.29) is 31.3 Å². The van der Waals surface area contributed by atoms with E-state index in [1.807, 2.05) is 20.8 Å². The number of hydrogen-bond acceptors (Lipinski definition) is 22. The van der Waals surface area contributed by atoms with Crippen molar-refractivity contribution in [3.63, 3.8) is 0 Å². The van der Waals surface area contributed by atoms with Crippen molar-refractivity contribution in [2.75, 3.05) is 27.9 Å². The Labute approximate surface area is 451 Å². The normalized spacial score (nSPS) is 49.6. The Bertz CT molecular complexity index is 2110. The van der Waals surface area contributed by atoms with Crippen LogP contribution in [0.1, 0.15) is 120 Å². The lowest BCUT2D eigenvalue weighted by atomic mass is 9.42. The second-order valence-corrected chi connectivity index (χ2v) is 23.5. The Morgan fingerprint density at radius 3 is 1.94 bits per heavy atom. The Hall–Kier alpha value is -2.30. The summed E-state index contributed by atoms with van der Waals surface area (Å²) in [6.07, 6.45) is -12.3. The maximum Gasteiger partial charge on any atom is 0.333 e. The molecule has 4 aliphatic heterocycles. The molecule has 7 N–H and O–H groups in total. The lowest BCUT2D eigenvalue weighted by Crippen LogP contribution is -2.75. The summed E-state index contributed by atoms with van der Waals surface area (Å²) in [7, 11) is 4.52. The lowest BCUT2D eigenvalue weighted by molar-refractivity contribution is -0.373. The molecule has 440 valence electrons. The van der Waals surface area contributed by atoms with Crippen LogP contribution in [0.25, 0.3) is 0 Å². The van der Waals surface area contributed by atoms with Gasteiger partial charge in [0.1, 0.15) is 78.3 Å². The highest BCUT2D eigenvalue weighted by Crippen LogP contribution is 2.70. The van der Waals surface area contributed by atoms with E-state index in [4.69, 9.17) is 61.6 Å². The zero-order valence-corrected chi connectivity index (χ0v) is 46.8. The first-order valence-corrected chi connectivity index (χ1v) is 27.6. The van der Waals surface area contributed by atoms with Gasteiger partial charge in [-0.2, -0.15) is 0 Å². The summed E-state index contributed by atoms with van der Waals surface area (Å²) in [6, 6.07) is 0. The smallest absolute Gasteiger partial charge is 0.333 e. The van der Waals surface area contributed by atoms with Gasteiger partial charge in [-0.15, -0.1) is 0 Å². The fourth-order valence-corrected chi connectivity index (χ4v) is 14.8. The molecule has 0 amide bonds. The first-order chi connectivity index (χ1) is 36.3. The topological polar surface area (TPSA) is 296 Å². The van der Waals surface area contributed by atoms with Crippen molar-refractivity contribution in [1.82, 2.24) is 0 Å². The number of methoxy groups -OCH3 is 3. The molecule has 0 aromatic heterocycles. The number of carbonyl (C=O) groups excluding carboxylic acids is 2. The van der Waals surface area contributed by atoms with Crippen molar-refractivity contribution in [2.45, 2.75) is 260 Å². The van der Waals surface area contributed by atoms with Crippen molar-refractivity contribution in [1.29, 1.82) is 0 Å². The summed E-state index contributed by atoms with van der Waals surface area (Å²) in [6.45, 7) is 15.4. The van der Waals surface area contributed by atoms with Crippen molar-refractivity contribution < 1.29 is 107 Å². The van der Waals surface area contributed by atoms with E-state index in [1.165, 1.54) is 21.1 Å². The highest BCUT2D eigenvalue weighted by molar-refractivity contribution is 5.87. The summed E-state index contributed by atoms with van der Waals surface area (Å²) in [5, 5.41) is 78.5. The van der Waals surface area contributed by atoms with Crippen molar-refractivity contribution in [3.05, 3.63) is 23.3 Å². The first-order valence-electron chi connectivity index (χ1n) is 27.6. The van der Waals surface area contributed by atoms with Gasteiger partial charge in [-0.05, 0) is 91.9 Å². The second-order valence-electron chi connectivity index (χ2n) is 23.5. The molecule has 4 aliphatic carbocycles. The molecule has 22 heteroatoms.